The Morgan fingerprint density at radius 1 is 1.15 bits per heavy atom. The first kappa shape index (κ1) is 19.2. The monoisotopic (exact) mass is 357 g/mol. The third-order valence-electron chi connectivity index (χ3n) is 5.88. The van der Waals surface area contributed by atoms with E-state index in [1.54, 1.807) is 0 Å². The van der Waals surface area contributed by atoms with Crippen molar-refractivity contribution in [3.63, 3.8) is 0 Å². The van der Waals surface area contributed by atoms with Gasteiger partial charge in [-0.2, -0.15) is 0 Å². The molecule has 5 nitrogen and oxygen atoms in total. The van der Waals surface area contributed by atoms with Gasteiger partial charge < -0.3 is 15.1 Å². The van der Waals surface area contributed by atoms with E-state index in [1.807, 2.05) is 7.05 Å². The topological polar surface area (TPSA) is 34.1 Å². The summed E-state index contributed by atoms with van der Waals surface area (Å²) in [5.41, 5.74) is 1.45. The lowest BCUT2D eigenvalue weighted by Crippen LogP contribution is -2.52. The first-order valence-corrected chi connectivity index (χ1v) is 10.1. The Kier molecular flexibility index (Phi) is 6.92. The molecule has 3 rings (SSSR count). The fraction of sp³-hybridized carbons (Fsp3) is 0.667. The van der Waals surface area contributed by atoms with Gasteiger partial charge in [-0.25, -0.2) is 0 Å². The summed E-state index contributed by atoms with van der Waals surface area (Å²) < 4.78 is 0. The number of hydrogen-bond donors (Lipinski definition) is 1. The van der Waals surface area contributed by atoms with Gasteiger partial charge in [-0.15, -0.1) is 0 Å². The molecule has 2 fully saturated rings. The number of likely N-dealkylation sites (tertiary alicyclic amines) is 1. The van der Waals surface area contributed by atoms with Crippen LogP contribution in [0.15, 0.2) is 35.3 Å². The Balaban J connectivity index is 1.44. The molecule has 0 radical (unpaired) electrons. The van der Waals surface area contributed by atoms with Crippen LogP contribution in [0.25, 0.3) is 0 Å². The van der Waals surface area contributed by atoms with Gasteiger partial charge in [-0.1, -0.05) is 30.3 Å². The number of rotatable bonds is 5. The molecule has 0 aliphatic carbocycles. The number of piperazine rings is 1. The number of likely N-dealkylation sites (N-methyl/N-ethyl adjacent to an activating group) is 1. The van der Waals surface area contributed by atoms with E-state index >= 15 is 0 Å². The average molecular weight is 358 g/mol. The molecule has 0 bridgehead atoms. The molecule has 0 saturated carbocycles. The average Bonchev–Trinajstić information content (AvgIpc) is 3.12. The number of nitrogens with zero attached hydrogens (tertiary/aromatic N) is 4. The van der Waals surface area contributed by atoms with Gasteiger partial charge in [0.15, 0.2) is 5.96 Å². The fourth-order valence-corrected chi connectivity index (χ4v) is 4.10. The van der Waals surface area contributed by atoms with Crippen molar-refractivity contribution in [1.82, 2.24) is 20.0 Å². The van der Waals surface area contributed by atoms with Crippen molar-refractivity contribution in [2.24, 2.45) is 10.9 Å². The molecule has 2 aliphatic rings. The van der Waals surface area contributed by atoms with Crippen LogP contribution in [0.1, 0.15) is 18.9 Å². The summed E-state index contributed by atoms with van der Waals surface area (Å²) in [4.78, 5) is 12.0. The Bertz CT molecular complexity index is 565. The lowest BCUT2D eigenvalue weighted by Gasteiger charge is -2.37. The standard InChI is InChI=1S/C21H35N5/c1-18(25-13-11-24(3)12-14-25)16-23-21(22-2)26-10-9-20(17-26)15-19-7-5-4-6-8-19/h4-8,18,20H,9-17H2,1-3H3,(H,22,23). The number of nitrogens with one attached hydrogen (secondary N) is 1. The van der Waals surface area contributed by atoms with Crippen LogP contribution in [0, 0.1) is 5.92 Å². The Hall–Kier alpha value is -1.59. The minimum atomic E-state index is 0.545. The van der Waals surface area contributed by atoms with E-state index in [1.165, 1.54) is 44.6 Å². The van der Waals surface area contributed by atoms with E-state index in [0.29, 0.717) is 6.04 Å². The smallest absolute Gasteiger partial charge is 0.193 e. The number of benzene rings is 1. The lowest BCUT2D eigenvalue weighted by atomic mass is 9.99. The van der Waals surface area contributed by atoms with Crippen LogP contribution in [0.4, 0.5) is 0 Å². The molecular weight excluding hydrogens is 322 g/mol. The quantitative estimate of drug-likeness (QED) is 0.643. The summed E-state index contributed by atoms with van der Waals surface area (Å²) in [7, 11) is 4.12. The van der Waals surface area contributed by atoms with Gasteiger partial charge in [0.1, 0.15) is 0 Å². The second-order valence-electron chi connectivity index (χ2n) is 7.91. The predicted octanol–water partition coefficient (Wildman–Crippen LogP) is 1.76. The molecule has 1 aromatic rings. The van der Waals surface area contributed by atoms with Crippen molar-refractivity contribution >= 4 is 5.96 Å². The van der Waals surface area contributed by atoms with Crippen LogP contribution in [-0.2, 0) is 6.42 Å². The SMILES string of the molecule is CN=C(NCC(C)N1CCN(C)CC1)N1CCC(Cc2ccccc2)C1. The molecule has 2 aliphatic heterocycles. The van der Waals surface area contributed by atoms with Crippen LogP contribution >= 0.6 is 0 Å². The van der Waals surface area contributed by atoms with Gasteiger partial charge >= 0.3 is 0 Å². The molecular formula is C21H35N5. The van der Waals surface area contributed by atoms with Crippen molar-refractivity contribution in [2.45, 2.75) is 25.8 Å². The van der Waals surface area contributed by atoms with E-state index in [2.05, 4.69) is 69.3 Å². The van der Waals surface area contributed by atoms with Gasteiger partial charge in [-0.05, 0) is 38.3 Å². The summed E-state index contributed by atoms with van der Waals surface area (Å²) in [6, 6.07) is 11.4. The van der Waals surface area contributed by atoms with Gasteiger partial charge in [0.05, 0.1) is 0 Å². The molecule has 2 heterocycles. The lowest BCUT2D eigenvalue weighted by molar-refractivity contribution is 0.119. The molecule has 2 unspecified atom stereocenters. The van der Waals surface area contributed by atoms with Crippen molar-refractivity contribution < 1.29 is 0 Å². The van der Waals surface area contributed by atoms with Crippen LogP contribution in [0.5, 0.6) is 0 Å². The van der Waals surface area contributed by atoms with Crippen LogP contribution in [0.3, 0.4) is 0 Å². The molecule has 144 valence electrons. The largest absolute Gasteiger partial charge is 0.355 e. The first-order chi connectivity index (χ1) is 12.7. The van der Waals surface area contributed by atoms with E-state index in [0.717, 1.165) is 31.5 Å². The van der Waals surface area contributed by atoms with Crippen molar-refractivity contribution in [1.29, 1.82) is 0 Å². The summed E-state index contributed by atoms with van der Waals surface area (Å²) in [5.74, 6) is 1.80. The summed E-state index contributed by atoms with van der Waals surface area (Å²) >= 11 is 0. The molecule has 5 heteroatoms. The highest BCUT2D eigenvalue weighted by molar-refractivity contribution is 5.80. The Morgan fingerprint density at radius 2 is 1.88 bits per heavy atom. The van der Waals surface area contributed by atoms with Gasteiger partial charge in [0.25, 0.3) is 0 Å². The van der Waals surface area contributed by atoms with Gasteiger partial charge in [0, 0.05) is 58.9 Å². The zero-order valence-corrected chi connectivity index (χ0v) is 16.7. The second kappa shape index (κ2) is 9.38. The summed E-state index contributed by atoms with van der Waals surface area (Å²) in [5, 5.41) is 3.62. The van der Waals surface area contributed by atoms with E-state index in [9.17, 15) is 0 Å². The number of hydrogen-bond acceptors (Lipinski definition) is 3. The van der Waals surface area contributed by atoms with E-state index in [-0.39, 0.29) is 0 Å². The zero-order valence-electron chi connectivity index (χ0n) is 16.7. The summed E-state index contributed by atoms with van der Waals surface area (Å²) in [6.07, 6.45) is 2.43. The number of guanidine groups is 1. The Labute approximate surface area is 159 Å². The summed E-state index contributed by atoms with van der Waals surface area (Å²) in [6.45, 7) is 10.2. The van der Waals surface area contributed by atoms with Crippen LogP contribution in [-0.4, -0.2) is 86.6 Å². The normalized spacial score (nSPS) is 24.0. The highest BCUT2D eigenvalue weighted by Gasteiger charge is 2.26. The Morgan fingerprint density at radius 3 is 2.58 bits per heavy atom. The minimum Gasteiger partial charge on any atom is -0.355 e. The van der Waals surface area contributed by atoms with E-state index < -0.39 is 0 Å². The van der Waals surface area contributed by atoms with Crippen LogP contribution in [0.2, 0.25) is 0 Å². The van der Waals surface area contributed by atoms with Gasteiger partial charge in [0.2, 0.25) is 0 Å². The fourth-order valence-electron chi connectivity index (χ4n) is 4.10. The van der Waals surface area contributed by atoms with Gasteiger partial charge in [-0.3, -0.25) is 9.89 Å². The molecule has 0 spiro atoms. The predicted molar refractivity (Wildman–Crippen MR) is 110 cm³/mol. The highest BCUT2D eigenvalue weighted by atomic mass is 15.3. The third-order valence-corrected chi connectivity index (χ3v) is 5.88. The maximum atomic E-state index is 4.55. The van der Waals surface area contributed by atoms with Crippen molar-refractivity contribution in [2.75, 3.05) is 59.9 Å². The first-order valence-electron chi connectivity index (χ1n) is 10.1. The molecule has 0 aromatic heterocycles. The van der Waals surface area contributed by atoms with Crippen molar-refractivity contribution in [3.8, 4) is 0 Å². The minimum absolute atomic E-state index is 0.545. The maximum Gasteiger partial charge on any atom is 0.193 e. The zero-order chi connectivity index (χ0) is 18.4. The highest BCUT2D eigenvalue weighted by Crippen LogP contribution is 2.20. The van der Waals surface area contributed by atoms with Crippen LogP contribution < -0.4 is 5.32 Å². The number of aliphatic imine (C=N–C) groups is 1. The second-order valence-corrected chi connectivity index (χ2v) is 7.91. The molecule has 0 amide bonds. The molecule has 1 aromatic carbocycles. The molecule has 1 N–H and O–H groups in total. The molecule has 2 saturated heterocycles. The van der Waals surface area contributed by atoms with Crippen molar-refractivity contribution in [3.05, 3.63) is 35.9 Å². The maximum absolute atomic E-state index is 4.55. The third kappa shape index (κ3) is 5.21. The molecule has 26 heavy (non-hydrogen) atoms. The molecule has 2 atom stereocenters. The van der Waals surface area contributed by atoms with E-state index in [4.69, 9.17) is 0 Å².